The van der Waals surface area contributed by atoms with E-state index >= 15 is 8.78 Å². The molecular formula is C37H37F3N8O3S. The number of hydrogen-bond donors (Lipinski definition) is 1. The number of amides is 1. The molecule has 1 saturated carbocycles. The Kier molecular flexibility index (Phi) is 7.61. The summed E-state index contributed by atoms with van der Waals surface area (Å²) in [6.07, 6.45) is 5.06. The van der Waals surface area contributed by atoms with Crippen molar-refractivity contribution in [3.05, 3.63) is 52.3 Å². The van der Waals surface area contributed by atoms with Crippen molar-refractivity contribution in [2.24, 2.45) is 5.41 Å². The number of aromatic nitrogens is 3. The number of halogens is 3. The molecule has 2 N–H and O–H groups in total. The maximum absolute atomic E-state index is 17.5. The summed E-state index contributed by atoms with van der Waals surface area (Å²) < 4.78 is 55.0. The summed E-state index contributed by atoms with van der Waals surface area (Å²) in [7, 11) is 0. The molecule has 0 unspecified atom stereocenters. The van der Waals surface area contributed by atoms with E-state index in [1.54, 1.807) is 4.90 Å². The fraction of sp³-hybridized carbons (Fsp3) is 0.486. The van der Waals surface area contributed by atoms with Gasteiger partial charge in [-0.3, -0.25) is 14.5 Å². The minimum atomic E-state index is -0.972. The van der Waals surface area contributed by atoms with Crippen LogP contribution in [0.4, 0.5) is 24.0 Å². The summed E-state index contributed by atoms with van der Waals surface area (Å²) in [5.41, 5.74) is 4.94. The molecule has 52 heavy (non-hydrogen) atoms. The molecule has 0 radical (unpaired) electrons. The molecule has 11 nitrogen and oxygen atoms in total. The number of rotatable bonds is 7. The highest BCUT2D eigenvalue weighted by Gasteiger charge is 2.50. The standard InChI is InChI=1S/C37H37F3N8O3S/c1-2-25(49)46-17-36(18-46)9-12-45(13-10-36)33-27-29(43-35(44-33)51-19-37-8-3-11-47(37)16-20(38)14-37)28(40)30(48(34(27)50)21-4-5-21)22-6-7-24(39)31-26(22)23(15-41)32(42)52-31/h2,6-7,20-21H,1,3-5,8-14,16-19,42H2/t20-,37+/m1/s1. The first-order valence-electron chi connectivity index (χ1n) is 17.8. The normalized spacial score (nSPS) is 24.0. The van der Waals surface area contributed by atoms with E-state index in [1.807, 2.05) is 11.0 Å². The smallest absolute Gasteiger partial charge is 0.319 e. The Morgan fingerprint density at radius 3 is 2.63 bits per heavy atom. The lowest BCUT2D eigenvalue weighted by Gasteiger charge is -2.53. The molecule has 1 aliphatic carbocycles. The quantitative estimate of drug-likeness (QED) is 0.251. The molecule has 5 aliphatic rings. The number of benzene rings is 1. The number of likely N-dealkylation sites (tertiary alicyclic amines) is 1. The lowest BCUT2D eigenvalue weighted by molar-refractivity contribution is -0.139. The molecule has 5 fully saturated rings. The number of carbonyl (C=O) groups is 1. The first-order chi connectivity index (χ1) is 25.0. The predicted octanol–water partition coefficient (Wildman–Crippen LogP) is 5.31. The minimum absolute atomic E-state index is 0.0163. The number of nitrogen functional groups attached to an aromatic ring is 1. The van der Waals surface area contributed by atoms with E-state index in [-0.39, 0.29) is 78.6 Å². The van der Waals surface area contributed by atoms with E-state index in [4.69, 9.17) is 15.5 Å². The Bertz CT molecular complexity index is 2280. The summed E-state index contributed by atoms with van der Waals surface area (Å²) >= 11 is 0.902. The number of anilines is 2. The van der Waals surface area contributed by atoms with Crippen LogP contribution in [-0.4, -0.2) is 87.8 Å². The molecule has 1 aromatic carbocycles. The van der Waals surface area contributed by atoms with Crippen molar-refractivity contribution in [2.75, 3.05) is 56.5 Å². The van der Waals surface area contributed by atoms with Gasteiger partial charge < -0.3 is 24.8 Å². The van der Waals surface area contributed by atoms with Crippen LogP contribution >= 0.6 is 11.3 Å². The van der Waals surface area contributed by atoms with Gasteiger partial charge in [0.1, 0.15) is 46.4 Å². The van der Waals surface area contributed by atoms with E-state index in [9.17, 15) is 19.2 Å². The highest BCUT2D eigenvalue weighted by molar-refractivity contribution is 7.23. The molecule has 7 heterocycles. The van der Waals surface area contributed by atoms with Gasteiger partial charge in [0.25, 0.3) is 5.56 Å². The lowest BCUT2D eigenvalue weighted by Crippen LogP contribution is -2.61. The second kappa shape index (κ2) is 11.9. The summed E-state index contributed by atoms with van der Waals surface area (Å²) in [6, 6.07) is 4.19. The van der Waals surface area contributed by atoms with E-state index in [2.05, 4.69) is 16.5 Å². The number of alkyl halides is 1. The van der Waals surface area contributed by atoms with E-state index < -0.39 is 28.9 Å². The Labute approximate surface area is 301 Å². The van der Waals surface area contributed by atoms with Crippen LogP contribution in [0.3, 0.4) is 0 Å². The van der Waals surface area contributed by atoms with Crippen LogP contribution in [-0.2, 0) is 4.79 Å². The van der Waals surface area contributed by atoms with Crippen LogP contribution in [0, 0.1) is 28.4 Å². The monoisotopic (exact) mass is 730 g/mol. The fourth-order valence-electron chi connectivity index (χ4n) is 9.15. The number of hydrogen-bond acceptors (Lipinski definition) is 10. The Balaban J connectivity index is 1.19. The zero-order chi connectivity index (χ0) is 36.1. The number of nitrogens with two attached hydrogens (primary N) is 1. The highest BCUT2D eigenvalue weighted by Crippen LogP contribution is 2.47. The zero-order valence-corrected chi connectivity index (χ0v) is 29.3. The van der Waals surface area contributed by atoms with Crippen LogP contribution in [0.2, 0.25) is 0 Å². The molecule has 1 spiro atoms. The fourth-order valence-corrected chi connectivity index (χ4v) is 10.1. The molecule has 4 aromatic rings. The third-order valence-corrected chi connectivity index (χ3v) is 13.0. The van der Waals surface area contributed by atoms with Gasteiger partial charge in [-0.1, -0.05) is 6.58 Å². The number of carbonyl (C=O) groups excluding carboxylic acids is 1. The highest BCUT2D eigenvalue weighted by atomic mass is 32.1. The summed E-state index contributed by atoms with van der Waals surface area (Å²) in [4.78, 5) is 42.1. The average Bonchev–Trinajstić information content (AvgIpc) is 3.69. The minimum Gasteiger partial charge on any atom is -0.461 e. The van der Waals surface area contributed by atoms with Gasteiger partial charge in [-0.15, -0.1) is 11.3 Å². The molecule has 9 rings (SSSR count). The van der Waals surface area contributed by atoms with Crippen LogP contribution in [0.1, 0.15) is 56.6 Å². The van der Waals surface area contributed by atoms with Crippen molar-refractivity contribution >= 4 is 49.1 Å². The number of ether oxygens (including phenoxy) is 1. The Morgan fingerprint density at radius 1 is 1.15 bits per heavy atom. The maximum atomic E-state index is 17.5. The van der Waals surface area contributed by atoms with Crippen LogP contribution < -0.4 is 20.9 Å². The van der Waals surface area contributed by atoms with Crippen molar-refractivity contribution in [3.8, 4) is 23.3 Å². The number of thiophene rings is 1. The number of pyridine rings is 1. The van der Waals surface area contributed by atoms with Crippen LogP contribution in [0.5, 0.6) is 6.01 Å². The van der Waals surface area contributed by atoms with Crippen molar-refractivity contribution in [3.63, 3.8) is 0 Å². The number of fused-ring (bicyclic) bond motifs is 3. The zero-order valence-electron chi connectivity index (χ0n) is 28.5. The van der Waals surface area contributed by atoms with Crippen molar-refractivity contribution in [1.82, 2.24) is 24.3 Å². The summed E-state index contributed by atoms with van der Waals surface area (Å²) in [5, 5.41) is 10.3. The average molecular weight is 731 g/mol. The topological polar surface area (TPSA) is 134 Å². The Morgan fingerprint density at radius 2 is 1.92 bits per heavy atom. The molecule has 1 amide bonds. The molecule has 3 aromatic heterocycles. The summed E-state index contributed by atoms with van der Waals surface area (Å²) in [5.74, 6) is -1.26. The Hall–Kier alpha value is -4.68. The first kappa shape index (κ1) is 33.2. The van der Waals surface area contributed by atoms with E-state index in [1.165, 1.54) is 22.8 Å². The van der Waals surface area contributed by atoms with Crippen molar-refractivity contribution < 1.29 is 22.7 Å². The second-order valence-electron chi connectivity index (χ2n) is 15.1. The number of nitrogens with zero attached hydrogens (tertiary/aromatic N) is 7. The van der Waals surface area contributed by atoms with Gasteiger partial charge in [0, 0.05) is 61.6 Å². The van der Waals surface area contributed by atoms with E-state index in [0.29, 0.717) is 52.0 Å². The van der Waals surface area contributed by atoms with Crippen LogP contribution in [0.25, 0.3) is 32.2 Å². The molecule has 2 atom stereocenters. The van der Waals surface area contributed by atoms with Crippen molar-refractivity contribution in [1.29, 1.82) is 5.26 Å². The van der Waals surface area contributed by atoms with Gasteiger partial charge in [-0.2, -0.15) is 15.2 Å². The SMILES string of the molecule is C=CC(=O)N1CC2(CCN(c3nc(OC[C@@]45CCCN4C[C@H](F)C5)nc4c(F)c(-c5ccc(F)c6sc(N)c(C#N)c56)n(C5CC5)c(=O)c34)CC2)C1. The number of piperidine rings is 1. The number of nitriles is 1. The molecule has 4 saturated heterocycles. The van der Waals surface area contributed by atoms with Gasteiger partial charge in [0.2, 0.25) is 5.91 Å². The largest absolute Gasteiger partial charge is 0.461 e. The lowest BCUT2D eigenvalue weighted by atomic mass is 9.72. The molecule has 15 heteroatoms. The van der Waals surface area contributed by atoms with Gasteiger partial charge in [-0.25, -0.2) is 13.2 Å². The molecule has 270 valence electrons. The molecule has 0 bridgehead atoms. The predicted molar refractivity (Wildman–Crippen MR) is 191 cm³/mol. The third kappa shape index (κ3) is 5.01. The first-order valence-corrected chi connectivity index (χ1v) is 18.6. The summed E-state index contributed by atoms with van der Waals surface area (Å²) in [6.45, 7) is 7.06. The van der Waals surface area contributed by atoms with Gasteiger partial charge in [-0.05, 0) is 63.3 Å². The van der Waals surface area contributed by atoms with Gasteiger partial charge in [0.15, 0.2) is 5.82 Å². The molecule has 4 aliphatic heterocycles. The second-order valence-corrected chi connectivity index (χ2v) is 16.2. The van der Waals surface area contributed by atoms with Crippen LogP contribution in [0.15, 0.2) is 29.6 Å². The maximum Gasteiger partial charge on any atom is 0.319 e. The third-order valence-electron chi connectivity index (χ3n) is 11.9. The van der Waals surface area contributed by atoms with E-state index in [0.717, 1.165) is 43.6 Å². The van der Waals surface area contributed by atoms with Crippen molar-refractivity contribution in [2.45, 2.75) is 62.7 Å². The van der Waals surface area contributed by atoms with Gasteiger partial charge in [0.05, 0.1) is 21.5 Å². The van der Waals surface area contributed by atoms with Gasteiger partial charge >= 0.3 is 6.01 Å². The molecular weight excluding hydrogens is 694 g/mol.